The van der Waals surface area contributed by atoms with Gasteiger partial charge in [0.2, 0.25) is 0 Å². The summed E-state index contributed by atoms with van der Waals surface area (Å²) in [6.07, 6.45) is 3.07. The van der Waals surface area contributed by atoms with Crippen molar-refractivity contribution < 1.29 is 0 Å². The molecule has 118 valence electrons. The van der Waals surface area contributed by atoms with E-state index >= 15 is 0 Å². The Kier molecular flexibility index (Phi) is 4.74. The molecule has 0 saturated carbocycles. The van der Waals surface area contributed by atoms with Crippen LogP contribution in [0, 0.1) is 12.3 Å². The molecule has 0 radical (unpaired) electrons. The second kappa shape index (κ2) is 6.05. The van der Waals surface area contributed by atoms with E-state index in [0.717, 1.165) is 26.1 Å². The second-order valence-corrected chi connectivity index (χ2v) is 7.80. The third kappa shape index (κ3) is 3.64. The summed E-state index contributed by atoms with van der Waals surface area (Å²) >= 11 is 0. The van der Waals surface area contributed by atoms with Gasteiger partial charge in [-0.2, -0.15) is 0 Å². The second-order valence-electron chi connectivity index (χ2n) is 7.80. The van der Waals surface area contributed by atoms with Crippen molar-refractivity contribution in [1.29, 1.82) is 0 Å². The average molecular weight is 289 g/mol. The van der Waals surface area contributed by atoms with Crippen LogP contribution in [-0.2, 0) is 6.54 Å². The van der Waals surface area contributed by atoms with Gasteiger partial charge in [0.15, 0.2) is 0 Å². The lowest BCUT2D eigenvalue weighted by molar-refractivity contribution is 0.0147. The van der Waals surface area contributed by atoms with Crippen LogP contribution < -0.4 is 5.32 Å². The van der Waals surface area contributed by atoms with Gasteiger partial charge in [-0.05, 0) is 37.3 Å². The molecule has 1 aromatic rings. The largest absolute Gasteiger partial charge is 0.310 e. The van der Waals surface area contributed by atoms with Crippen LogP contribution in [0.3, 0.4) is 0 Å². The number of rotatable bonds is 3. The van der Waals surface area contributed by atoms with Crippen LogP contribution in [0.15, 0.2) is 18.3 Å². The first-order chi connectivity index (χ1) is 9.76. The van der Waals surface area contributed by atoms with E-state index < -0.39 is 0 Å². The van der Waals surface area contributed by atoms with E-state index in [4.69, 9.17) is 0 Å². The fourth-order valence-corrected chi connectivity index (χ4v) is 3.01. The molecule has 21 heavy (non-hydrogen) atoms. The fraction of sp³-hybridized carbons (Fsp3) is 0.722. The van der Waals surface area contributed by atoms with E-state index in [1.807, 2.05) is 12.3 Å². The summed E-state index contributed by atoms with van der Waals surface area (Å²) in [7, 11) is 0. The van der Waals surface area contributed by atoms with Crippen LogP contribution in [0.1, 0.15) is 52.3 Å². The van der Waals surface area contributed by atoms with Gasteiger partial charge in [0.25, 0.3) is 0 Å². The van der Waals surface area contributed by atoms with Crippen molar-refractivity contribution in [1.82, 2.24) is 15.2 Å². The smallest absolute Gasteiger partial charge is 0.0573 e. The van der Waals surface area contributed by atoms with Gasteiger partial charge in [-0.25, -0.2) is 0 Å². The molecule has 0 spiro atoms. The molecule has 1 fully saturated rings. The van der Waals surface area contributed by atoms with Crippen LogP contribution in [0.5, 0.6) is 0 Å². The first-order valence-corrected chi connectivity index (χ1v) is 8.15. The predicted octanol–water partition coefficient (Wildman–Crippen LogP) is 3.38. The predicted molar refractivity (Wildman–Crippen MR) is 89.3 cm³/mol. The van der Waals surface area contributed by atoms with Gasteiger partial charge >= 0.3 is 0 Å². The normalized spacial score (nSPS) is 27.8. The van der Waals surface area contributed by atoms with Crippen LogP contribution in [-0.4, -0.2) is 34.6 Å². The molecule has 1 saturated heterocycles. The number of pyridine rings is 1. The maximum atomic E-state index is 4.60. The zero-order valence-corrected chi connectivity index (χ0v) is 14.5. The van der Waals surface area contributed by atoms with Crippen LogP contribution in [0.4, 0.5) is 0 Å². The van der Waals surface area contributed by atoms with Gasteiger partial charge in [-0.3, -0.25) is 9.88 Å². The highest BCUT2D eigenvalue weighted by molar-refractivity contribution is 5.18. The SMILES string of the molecule is CCC1(C)CNC(C(C)(C)C)CN1Cc1ncccc1C. The number of nitrogens with zero attached hydrogens (tertiary/aromatic N) is 2. The molecule has 3 nitrogen and oxygen atoms in total. The molecule has 1 N–H and O–H groups in total. The number of hydrogen-bond acceptors (Lipinski definition) is 3. The molecule has 2 atom stereocenters. The molecule has 0 bridgehead atoms. The Morgan fingerprint density at radius 1 is 1.43 bits per heavy atom. The minimum atomic E-state index is 0.214. The molecule has 0 aliphatic carbocycles. The Morgan fingerprint density at radius 2 is 2.14 bits per heavy atom. The first-order valence-electron chi connectivity index (χ1n) is 8.15. The Labute approximate surface area is 130 Å². The third-order valence-electron chi connectivity index (χ3n) is 5.16. The van der Waals surface area contributed by atoms with Gasteiger partial charge in [0.05, 0.1) is 5.69 Å². The molecule has 0 amide bonds. The van der Waals surface area contributed by atoms with E-state index in [9.17, 15) is 0 Å². The lowest BCUT2D eigenvalue weighted by Gasteiger charge is -2.51. The molecular formula is C18H31N3. The maximum absolute atomic E-state index is 4.60. The zero-order valence-electron chi connectivity index (χ0n) is 14.5. The number of aryl methyl sites for hydroxylation is 1. The van der Waals surface area contributed by atoms with E-state index in [2.05, 4.69) is 62.8 Å². The Balaban J connectivity index is 2.21. The van der Waals surface area contributed by atoms with Crippen molar-refractivity contribution >= 4 is 0 Å². The number of nitrogens with one attached hydrogen (secondary N) is 1. The van der Waals surface area contributed by atoms with Crippen LogP contribution in [0.25, 0.3) is 0 Å². The minimum Gasteiger partial charge on any atom is -0.310 e. The third-order valence-corrected chi connectivity index (χ3v) is 5.16. The highest BCUT2D eigenvalue weighted by Crippen LogP contribution is 2.30. The molecular weight excluding hydrogens is 258 g/mol. The first kappa shape index (κ1) is 16.4. The van der Waals surface area contributed by atoms with Crippen molar-refractivity contribution in [2.45, 2.75) is 66.1 Å². The summed E-state index contributed by atoms with van der Waals surface area (Å²) in [5.74, 6) is 0. The number of piperazine rings is 1. The van der Waals surface area contributed by atoms with Gasteiger partial charge in [-0.15, -0.1) is 0 Å². The Hall–Kier alpha value is -0.930. The van der Waals surface area contributed by atoms with Crippen molar-refractivity contribution in [2.75, 3.05) is 13.1 Å². The van der Waals surface area contributed by atoms with Crippen LogP contribution in [0.2, 0.25) is 0 Å². The fourth-order valence-electron chi connectivity index (χ4n) is 3.01. The van der Waals surface area contributed by atoms with E-state index in [-0.39, 0.29) is 11.0 Å². The van der Waals surface area contributed by atoms with Crippen molar-refractivity contribution in [3.05, 3.63) is 29.6 Å². The topological polar surface area (TPSA) is 28.2 Å². The van der Waals surface area contributed by atoms with E-state index in [1.54, 1.807) is 0 Å². The average Bonchev–Trinajstić information content (AvgIpc) is 2.42. The lowest BCUT2D eigenvalue weighted by atomic mass is 9.81. The molecule has 3 heteroatoms. The Morgan fingerprint density at radius 3 is 2.71 bits per heavy atom. The Bertz CT molecular complexity index is 478. The standard InChI is InChI=1S/C18H31N3/c1-7-18(6)13-20-16(17(3,4)5)12-21(18)11-15-14(2)9-8-10-19-15/h8-10,16,20H,7,11-13H2,1-6H3. The minimum absolute atomic E-state index is 0.214. The molecule has 1 aliphatic heterocycles. The van der Waals surface area contributed by atoms with Crippen LogP contribution >= 0.6 is 0 Å². The molecule has 2 rings (SSSR count). The van der Waals surface area contributed by atoms with Gasteiger partial charge < -0.3 is 5.32 Å². The van der Waals surface area contributed by atoms with Crippen molar-refractivity contribution in [2.24, 2.45) is 5.41 Å². The lowest BCUT2D eigenvalue weighted by Crippen LogP contribution is -2.65. The molecule has 2 unspecified atom stereocenters. The van der Waals surface area contributed by atoms with Gasteiger partial charge in [0, 0.05) is 37.4 Å². The number of hydrogen-bond donors (Lipinski definition) is 1. The quantitative estimate of drug-likeness (QED) is 0.924. The molecule has 1 aliphatic rings. The molecule has 2 heterocycles. The number of aromatic nitrogens is 1. The van der Waals surface area contributed by atoms with Crippen molar-refractivity contribution in [3.63, 3.8) is 0 Å². The summed E-state index contributed by atoms with van der Waals surface area (Å²) in [5.41, 5.74) is 3.01. The summed E-state index contributed by atoms with van der Waals surface area (Å²) in [6, 6.07) is 4.71. The highest BCUT2D eigenvalue weighted by Gasteiger charge is 2.40. The summed E-state index contributed by atoms with van der Waals surface area (Å²) in [4.78, 5) is 7.23. The summed E-state index contributed by atoms with van der Waals surface area (Å²) < 4.78 is 0. The monoisotopic (exact) mass is 289 g/mol. The van der Waals surface area contributed by atoms with E-state index in [0.29, 0.717) is 6.04 Å². The van der Waals surface area contributed by atoms with Crippen molar-refractivity contribution in [3.8, 4) is 0 Å². The maximum Gasteiger partial charge on any atom is 0.0573 e. The van der Waals surface area contributed by atoms with E-state index in [1.165, 1.54) is 11.3 Å². The molecule has 1 aromatic heterocycles. The highest BCUT2D eigenvalue weighted by atomic mass is 15.3. The molecule has 0 aromatic carbocycles. The van der Waals surface area contributed by atoms with Gasteiger partial charge in [-0.1, -0.05) is 33.8 Å². The summed E-state index contributed by atoms with van der Waals surface area (Å²) in [5, 5.41) is 3.77. The zero-order chi connectivity index (χ0) is 15.7. The van der Waals surface area contributed by atoms with Gasteiger partial charge in [0.1, 0.15) is 0 Å². The summed E-state index contributed by atoms with van der Waals surface area (Å²) in [6.45, 7) is 16.9.